The predicted octanol–water partition coefficient (Wildman–Crippen LogP) is 11.4. The minimum Gasteiger partial charge on any atom is -0.500 e. The van der Waals surface area contributed by atoms with Crippen molar-refractivity contribution in [1.29, 1.82) is 0 Å². The molecule has 3 nitrogen and oxygen atoms in total. The zero-order valence-corrected chi connectivity index (χ0v) is 29.5. The van der Waals surface area contributed by atoms with Crippen LogP contribution in [0.4, 0.5) is 4.39 Å². The van der Waals surface area contributed by atoms with Crippen molar-refractivity contribution in [3.05, 3.63) is 144 Å². The first-order chi connectivity index (χ1) is 24.1. The minimum atomic E-state index is -0.351. The van der Waals surface area contributed by atoms with E-state index in [9.17, 15) is 0 Å². The van der Waals surface area contributed by atoms with Crippen LogP contribution in [0.2, 0.25) is 0 Å². The van der Waals surface area contributed by atoms with E-state index in [1.807, 2.05) is 54.7 Å². The summed E-state index contributed by atoms with van der Waals surface area (Å²) in [5, 5.41) is 1.90. The molecule has 0 aliphatic rings. The standard InChI is InChI=1S/C31H29FNO.C11H8N.Ir/c1-30(2,3)20-16-17-33-25(18-20)21-12-14-23(31(4,5)6)27-22-13-15-24(32)26(29(22)34-28(21)27)19-10-8-7-9-11-19;1-2-6-10(7-3-1)11-8-4-5-9-12-11;/h7-11,13-18H,1-6H3;1-6,8-9H;/q2*-1;/i;1D,4D,5D,8D,9D;. The van der Waals surface area contributed by atoms with Gasteiger partial charge in [0.2, 0.25) is 0 Å². The Labute approximate surface area is 297 Å². The number of halogens is 1. The average Bonchev–Trinajstić information content (AvgIpc) is 3.48. The summed E-state index contributed by atoms with van der Waals surface area (Å²) < 4.78 is 59.1. The fourth-order valence-electron chi connectivity index (χ4n) is 5.40. The van der Waals surface area contributed by atoms with Gasteiger partial charge in [-0.15, -0.1) is 53.6 Å². The van der Waals surface area contributed by atoms with Gasteiger partial charge in [-0.05, 0) is 59.0 Å². The van der Waals surface area contributed by atoms with Crippen LogP contribution >= 0.6 is 0 Å². The van der Waals surface area contributed by atoms with Crippen molar-refractivity contribution in [2.24, 2.45) is 0 Å². The van der Waals surface area contributed by atoms with E-state index in [0.29, 0.717) is 22.3 Å². The first-order valence-electron chi connectivity index (χ1n) is 17.6. The molecule has 3 aromatic heterocycles. The van der Waals surface area contributed by atoms with Crippen molar-refractivity contribution < 1.29 is 35.8 Å². The fraction of sp³-hybridized carbons (Fsp3) is 0.190. The molecule has 7 aromatic rings. The zero-order chi connectivity index (χ0) is 36.8. The second-order valence-corrected chi connectivity index (χ2v) is 13.1. The van der Waals surface area contributed by atoms with Crippen LogP contribution < -0.4 is 0 Å². The van der Waals surface area contributed by atoms with Crippen LogP contribution in [0.1, 0.15) is 59.5 Å². The van der Waals surface area contributed by atoms with Gasteiger partial charge in [0.25, 0.3) is 0 Å². The van der Waals surface area contributed by atoms with Crippen LogP contribution in [-0.4, -0.2) is 9.97 Å². The zero-order valence-electron chi connectivity index (χ0n) is 32.1. The summed E-state index contributed by atoms with van der Waals surface area (Å²) in [6.45, 7) is 13.1. The van der Waals surface area contributed by atoms with Gasteiger partial charge in [-0.1, -0.05) is 101 Å². The van der Waals surface area contributed by atoms with Gasteiger partial charge in [0.15, 0.2) is 0 Å². The summed E-state index contributed by atoms with van der Waals surface area (Å²) in [6, 6.07) is 29.3. The molecule has 7 rings (SSSR count). The van der Waals surface area contributed by atoms with Gasteiger partial charge < -0.3 is 14.4 Å². The smallest absolute Gasteiger partial charge is 0.134 e. The Morgan fingerprint density at radius 1 is 0.787 bits per heavy atom. The number of pyridine rings is 2. The van der Waals surface area contributed by atoms with E-state index in [2.05, 4.69) is 69.7 Å². The second-order valence-electron chi connectivity index (χ2n) is 13.1. The average molecular weight is 802 g/mol. The molecule has 0 aliphatic carbocycles. The van der Waals surface area contributed by atoms with Crippen molar-refractivity contribution >= 4 is 21.9 Å². The third kappa shape index (κ3) is 7.12. The number of nitrogens with zero attached hydrogens (tertiary/aromatic N) is 2. The molecule has 0 N–H and O–H groups in total. The molecular formula is C42H37FIrN2O-2. The van der Waals surface area contributed by atoms with Crippen LogP contribution in [0, 0.1) is 17.9 Å². The van der Waals surface area contributed by atoms with Crippen molar-refractivity contribution in [3.63, 3.8) is 0 Å². The van der Waals surface area contributed by atoms with Gasteiger partial charge in [0.05, 0.1) is 16.6 Å². The van der Waals surface area contributed by atoms with Gasteiger partial charge in [0, 0.05) is 37.9 Å². The van der Waals surface area contributed by atoms with E-state index in [0.717, 1.165) is 33.2 Å². The van der Waals surface area contributed by atoms with E-state index in [1.54, 1.807) is 12.1 Å². The molecule has 0 atom stereocenters. The number of benzene rings is 4. The van der Waals surface area contributed by atoms with Gasteiger partial charge in [-0.3, -0.25) is 0 Å². The number of hydrogen-bond donors (Lipinski definition) is 0. The Bertz CT molecular complexity index is 2400. The molecular weight excluding hydrogens is 760 g/mol. The topological polar surface area (TPSA) is 38.9 Å². The van der Waals surface area contributed by atoms with Crippen molar-refractivity contribution in [2.75, 3.05) is 0 Å². The van der Waals surface area contributed by atoms with Gasteiger partial charge in [-0.2, -0.15) is 0 Å². The monoisotopic (exact) mass is 802 g/mol. The molecule has 0 unspecified atom stereocenters. The molecule has 239 valence electrons. The molecule has 0 amide bonds. The molecule has 3 heterocycles. The molecule has 4 aromatic carbocycles. The minimum absolute atomic E-state index is 0. The molecule has 0 fully saturated rings. The summed E-state index contributed by atoms with van der Waals surface area (Å²) in [5.74, 6) is -0.298. The molecule has 0 bridgehead atoms. The van der Waals surface area contributed by atoms with Crippen molar-refractivity contribution in [1.82, 2.24) is 9.97 Å². The summed E-state index contributed by atoms with van der Waals surface area (Å²) >= 11 is 0. The SMILES string of the molecule is CC(C)(C)c1ccnc(-c2[c-]cc(C(C)(C)C)c3c2oc2c(-c4ccccc4)c(F)ccc23)c1.[2H]c1c[c-]c(-c2nc([2H])c([2H])c([2H])c2[2H])cc1.[Ir]. The molecule has 0 saturated heterocycles. The third-order valence-corrected chi connectivity index (χ3v) is 7.80. The molecule has 5 heteroatoms. The van der Waals surface area contributed by atoms with Crippen LogP contribution in [0.5, 0.6) is 0 Å². The Balaban J connectivity index is 0.000000245. The summed E-state index contributed by atoms with van der Waals surface area (Å²) in [6.07, 6.45) is 1.51. The Morgan fingerprint density at radius 3 is 2.28 bits per heavy atom. The number of aromatic nitrogens is 2. The van der Waals surface area contributed by atoms with Crippen LogP contribution in [0.15, 0.2) is 120 Å². The summed E-state index contributed by atoms with van der Waals surface area (Å²) in [4.78, 5) is 8.48. The van der Waals surface area contributed by atoms with E-state index in [4.69, 9.17) is 11.3 Å². The Hall–Kier alpha value is -4.44. The maximum atomic E-state index is 15.2. The quantitative estimate of drug-likeness (QED) is 0.167. The fourth-order valence-corrected chi connectivity index (χ4v) is 5.40. The van der Waals surface area contributed by atoms with Gasteiger partial charge in [-0.25, -0.2) is 4.39 Å². The van der Waals surface area contributed by atoms with Crippen molar-refractivity contribution in [2.45, 2.75) is 52.4 Å². The second kappa shape index (κ2) is 13.7. The molecule has 0 saturated carbocycles. The molecule has 0 spiro atoms. The summed E-state index contributed by atoms with van der Waals surface area (Å²) in [5.41, 5.74) is 6.87. The number of hydrogen-bond acceptors (Lipinski definition) is 3. The molecule has 0 aliphatic heterocycles. The van der Waals surface area contributed by atoms with Crippen LogP contribution in [-0.2, 0) is 30.9 Å². The first-order valence-corrected chi connectivity index (χ1v) is 15.1. The summed E-state index contributed by atoms with van der Waals surface area (Å²) in [7, 11) is 0. The molecule has 47 heavy (non-hydrogen) atoms. The van der Waals surface area contributed by atoms with Crippen LogP contribution in [0.3, 0.4) is 0 Å². The normalized spacial score (nSPS) is 13.0. The number of furan rings is 1. The number of rotatable bonds is 3. The van der Waals surface area contributed by atoms with E-state index in [-0.39, 0.29) is 72.8 Å². The van der Waals surface area contributed by atoms with E-state index in [1.165, 1.54) is 17.7 Å². The predicted molar refractivity (Wildman–Crippen MR) is 187 cm³/mol. The van der Waals surface area contributed by atoms with Crippen LogP contribution in [0.25, 0.3) is 55.6 Å². The largest absolute Gasteiger partial charge is 0.500 e. The van der Waals surface area contributed by atoms with E-state index >= 15 is 4.39 Å². The maximum absolute atomic E-state index is 15.2. The Morgan fingerprint density at radius 2 is 1.57 bits per heavy atom. The van der Waals surface area contributed by atoms with Gasteiger partial charge in [0.1, 0.15) is 11.4 Å². The Kier molecular flexibility index (Phi) is 8.08. The van der Waals surface area contributed by atoms with Gasteiger partial charge >= 0.3 is 0 Å². The number of fused-ring (bicyclic) bond motifs is 3. The van der Waals surface area contributed by atoms with Crippen molar-refractivity contribution in [3.8, 4) is 33.6 Å². The third-order valence-electron chi connectivity index (χ3n) is 7.80. The van der Waals surface area contributed by atoms with E-state index < -0.39 is 0 Å². The first kappa shape index (κ1) is 27.7. The maximum Gasteiger partial charge on any atom is 0.134 e. The molecule has 1 radical (unpaired) electrons.